The van der Waals surface area contributed by atoms with Gasteiger partial charge in [-0.25, -0.2) is 5.43 Å². The van der Waals surface area contributed by atoms with Crippen LogP contribution in [0.5, 0.6) is 0 Å². The molecule has 0 saturated heterocycles. The SMILES string of the molecule is CCN1c2cc(Cl)c(/C=N\NC(=O)c3ccccc3-n3cccc3)cc2C(C)CC1(C)C. The van der Waals surface area contributed by atoms with Gasteiger partial charge in [0.25, 0.3) is 5.91 Å². The zero-order chi connectivity index (χ0) is 22.9. The van der Waals surface area contributed by atoms with Gasteiger partial charge in [0.05, 0.1) is 22.5 Å². The molecule has 1 aliphatic heterocycles. The highest BCUT2D eigenvalue weighted by atomic mass is 35.5. The van der Waals surface area contributed by atoms with Crippen molar-refractivity contribution in [3.63, 3.8) is 0 Å². The van der Waals surface area contributed by atoms with Crippen molar-refractivity contribution >= 4 is 29.4 Å². The number of amides is 1. The van der Waals surface area contributed by atoms with E-state index in [-0.39, 0.29) is 11.4 Å². The maximum absolute atomic E-state index is 12.8. The number of halogens is 1. The average Bonchev–Trinajstić information content (AvgIpc) is 3.29. The topological polar surface area (TPSA) is 49.6 Å². The summed E-state index contributed by atoms with van der Waals surface area (Å²) in [5.74, 6) is 0.141. The Balaban J connectivity index is 1.57. The van der Waals surface area contributed by atoms with Gasteiger partial charge in [0.15, 0.2) is 0 Å². The van der Waals surface area contributed by atoms with Gasteiger partial charge in [0, 0.05) is 35.7 Å². The summed E-state index contributed by atoms with van der Waals surface area (Å²) < 4.78 is 1.90. The highest BCUT2D eigenvalue weighted by Crippen LogP contribution is 2.44. The normalized spacial score (nSPS) is 17.4. The van der Waals surface area contributed by atoms with Crippen LogP contribution in [0, 0.1) is 0 Å². The van der Waals surface area contributed by atoms with Crippen molar-refractivity contribution < 1.29 is 4.79 Å². The molecule has 1 N–H and O–H groups in total. The number of fused-ring (bicyclic) bond motifs is 1. The molecule has 1 amide bonds. The van der Waals surface area contributed by atoms with Gasteiger partial charge in [0.2, 0.25) is 0 Å². The number of hydrazone groups is 1. The van der Waals surface area contributed by atoms with Gasteiger partial charge in [-0.05, 0) is 75.1 Å². The molecule has 32 heavy (non-hydrogen) atoms. The fourth-order valence-electron chi connectivity index (χ4n) is 4.83. The number of anilines is 1. The average molecular weight is 449 g/mol. The Hall–Kier alpha value is -3.05. The second kappa shape index (κ2) is 8.83. The van der Waals surface area contributed by atoms with Crippen molar-refractivity contribution in [2.75, 3.05) is 11.4 Å². The van der Waals surface area contributed by atoms with E-state index in [1.807, 2.05) is 53.4 Å². The monoisotopic (exact) mass is 448 g/mol. The van der Waals surface area contributed by atoms with Crippen molar-refractivity contribution in [3.05, 3.63) is 82.6 Å². The molecule has 0 spiro atoms. The lowest BCUT2D eigenvalue weighted by molar-refractivity contribution is 0.0955. The van der Waals surface area contributed by atoms with Gasteiger partial charge in [-0.15, -0.1) is 0 Å². The zero-order valence-corrected chi connectivity index (χ0v) is 19.7. The molecule has 1 unspecified atom stereocenters. The third-order valence-corrected chi connectivity index (χ3v) is 6.55. The predicted molar refractivity (Wildman–Crippen MR) is 132 cm³/mol. The fraction of sp³-hybridized carbons (Fsp3) is 0.308. The van der Waals surface area contributed by atoms with Gasteiger partial charge in [-0.3, -0.25) is 4.79 Å². The van der Waals surface area contributed by atoms with E-state index in [0.717, 1.165) is 24.2 Å². The molecule has 1 aromatic heterocycles. The Labute approximate surface area is 194 Å². The molecule has 0 radical (unpaired) electrons. The van der Waals surface area contributed by atoms with Crippen LogP contribution in [0.25, 0.3) is 5.69 Å². The van der Waals surface area contributed by atoms with E-state index in [2.05, 4.69) is 49.2 Å². The molecule has 0 aliphatic carbocycles. The second-order valence-electron chi connectivity index (χ2n) is 8.90. The smallest absolute Gasteiger partial charge is 0.273 e. The van der Waals surface area contributed by atoms with Crippen LogP contribution >= 0.6 is 11.6 Å². The van der Waals surface area contributed by atoms with Crippen molar-refractivity contribution in [2.24, 2.45) is 5.10 Å². The Morgan fingerprint density at radius 1 is 1.19 bits per heavy atom. The van der Waals surface area contributed by atoms with Crippen LogP contribution in [0.3, 0.4) is 0 Å². The van der Waals surface area contributed by atoms with Crippen LogP contribution in [0.15, 0.2) is 66.0 Å². The van der Waals surface area contributed by atoms with Gasteiger partial charge < -0.3 is 9.47 Å². The first-order valence-electron chi connectivity index (χ1n) is 11.0. The highest BCUT2D eigenvalue weighted by Gasteiger charge is 2.35. The van der Waals surface area contributed by atoms with Gasteiger partial charge in [-0.1, -0.05) is 30.7 Å². The van der Waals surface area contributed by atoms with E-state index in [0.29, 0.717) is 16.5 Å². The van der Waals surface area contributed by atoms with E-state index in [1.54, 1.807) is 12.3 Å². The summed E-state index contributed by atoms with van der Waals surface area (Å²) in [5, 5.41) is 4.83. The quantitative estimate of drug-likeness (QED) is 0.384. The lowest BCUT2D eigenvalue weighted by Crippen LogP contribution is -2.48. The molecule has 3 aromatic rings. The van der Waals surface area contributed by atoms with Crippen molar-refractivity contribution in [1.82, 2.24) is 9.99 Å². The Kier molecular flexibility index (Phi) is 6.11. The number of para-hydroxylation sites is 1. The van der Waals surface area contributed by atoms with E-state index >= 15 is 0 Å². The number of hydrogen-bond donors (Lipinski definition) is 1. The van der Waals surface area contributed by atoms with E-state index in [4.69, 9.17) is 11.6 Å². The van der Waals surface area contributed by atoms with Gasteiger partial charge >= 0.3 is 0 Å². The number of benzene rings is 2. The Morgan fingerprint density at radius 3 is 2.62 bits per heavy atom. The summed E-state index contributed by atoms with van der Waals surface area (Å²) in [7, 11) is 0. The van der Waals surface area contributed by atoms with Crippen LogP contribution in [-0.2, 0) is 0 Å². The first-order chi connectivity index (χ1) is 15.3. The molecule has 0 saturated carbocycles. The van der Waals surface area contributed by atoms with Gasteiger partial charge in [0.1, 0.15) is 0 Å². The highest BCUT2D eigenvalue weighted by molar-refractivity contribution is 6.33. The molecule has 0 bridgehead atoms. The van der Waals surface area contributed by atoms with Crippen LogP contribution in [-0.4, -0.2) is 28.8 Å². The number of rotatable bonds is 5. The summed E-state index contributed by atoms with van der Waals surface area (Å²) in [6, 6.07) is 15.4. The molecule has 1 atom stereocenters. The van der Waals surface area contributed by atoms with E-state index < -0.39 is 0 Å². The summed E-state index contributed by atoms with van der Waals surface area (Å²) >= 11 is 6.62. The molecule has 2 aromatic carbocycles. The van der Waals surface area contributed by atoms with Gasteiger partial charge in [-0.2, -0.15) is 5.10 Å². The summed E-state index contributed by atoms with van der Waals surface area (Å²) in [4.78, 5) is 15.2. The van der Waals surface area contributed by atoms with Crippen molar-refractivity contribution in [1.29, 1.82) is 0 Å². The number of carbonyl (C=O) groups is 1. The maximum Gasteiger partial charge on any atom is 0.273 e. The van der Waals surface area contributed by atoms with Crippen molar-refractivity contribution in [2.45, 2.75) is 45.6 Å². The summed E-state index contributed by atoms with van der Waals surface area (Å²) in [6.45, 7) is 9.90. The first-order valence-corrected chi connectivity index (χ1v) is 11.4. The summed E-state index contributed by atoms with van der Waals surface area (Å²) in [6.07, 6.45) is 6.51. The Bertz CT molecular complexity index is 1150. The van der Waals surface area contributed by atoms with Crippen LogP contribution in [0.2, 0.25) is 5.02 Å². The first kappa shape index (κ1) is 22.2. The standard InChI is InChI=1S/C26H29ClN4O/c1-5-31-24-15-22(27)19(14-21(24)18(2)16-26(31,3)4)17-28-29-25(32)20-10-6-7-11-23(20)30-12-8-9-13-30/h6-15,17-18H,5,16H2,1-4H3,(H,29,32)/b28-17-. The van der Waals surface area contributed by atoms with Crippen LogP contribution < -0.4 is 10.3 Å². The third-order valence-electron chi connectivity index (χ3n) is 6.22. The van der Waals surface area contributed by atoms with Crippen molar-refractivity contribution in [3.8, 4) is 5.69 Å². The third kappa shape index (κ3) is 4.17. The minimum Gasteiger partial charge on any atom is -0.366 e. The molecule has 166 valence electrons. The molecular formula is C26H29ClN4O. The molecule has 4 rings (SSSR count). The second-order valence-corrected chi connectivity index (χ2v) is 9.31. The Morgan fingerprint density at radius 2 is 1.91 bits per heavy atom. The van der Waals surface area contributed by atoms with E-state index in [9.17, 15) is 4.79 Å². The maximum atomic E-state index is 12.8. The number of aromatic nitrogens is 1. The zero-order valence-electron chi connectivity index (χ0n) is 19.0. The number of nitrogens with zero attached hydrogens (tertiary/aromatic N) is 3. The molecule has 1 aliphatic rings. The molecule has 5 nitrogen and oxygen atoms in total. The predicted octanol–water partition coefficient (Wildman–Crippen LogP) is 6.01. The lowest BCUT2D eigenvalue weighted by Gasteiger charge is -2.47. The summed E-state index contributed by atoms with van der Waals surface area (Å²) in [5.41, 5.74) is 7.33. The fourth-order valence-corrected chi connectivity index (χ4v) is 5.03. The number of carbonyl (C=O) groups excluding carboxylic acids is 1. The molecule has 6 heteroatoms. The van der Waals surface area contributed by atoms with Crippen LogP contribution in [0.1, 0.15) is 61.5 Å². The van der Waals surface area contributed by atoms with Crippen LogP contribution in [0.4, 0.5) is 5.69 Å². The largest absolute Gasteiger partial charge is 0.366 e. The number of nitrogens with one attached hydrogen (secondary N) is 1. The van der Waals surface area contributed by atoms with E-state index in [1.165, 1.54) is 11.3 Å². The lowest BCUT2D eigenvalue weighted by atomic mass is 9.79. The minimum atomic E-state index is -0.271. The minimum absolute atomic E-state index is 0.0845. The molecular weight excluding hydrogens is 420 g/mol. The molecule has 2 heterocycles. The molecule has 0 fully saturated rings. The number of hydrogen-bond acceptors (Lipinski definition) is 3.